The molecule has 1 nitrogen and oxygen atoms in total. The summed E-state index contributed by atoms with van der Waals surface area (Å²) in [6.45, 7) is 13.5. The summed E-state index contributed by atoms with van der Waals surface area (Å²) in [5, 5.41) is 0. The van der Waals surface area contributed by atoms with Crippen molar-refractivity contribution in [1.82, 2.24) is 4.57 Å². The minimum absolute atomic E-state index is 0.475. The van der Waals surface area contributed by atoms with Crippen LogP contribution in [-0.4, -0.2) is 24.9 Å². The first kappa shape index (κ1) is 10.3. The predicted octanol–water partition coefficient (Wildman–Crippen LogP) is 3.09. The van der Waals surface area contributed by atoms with Crippen LogP contribution in [-0.2, 0) is 0 Å². The van der Waals surface area contributed by atoms with Crippen molar-refractivity contribution in [1.29, 1.82) is 0 Å². The van der Waals surface area contributed by atoms with Gasteiger partial charge in [-0.15, -0.1) is 0 Å². The Labute approximate surface area is 78.2 Å². The van der Waals surface area contributed by atoms with Gasteiger partial charge >= 0.3 is 0 Å². The molecule has 0 amide bonds. The molecule has 0 bridgehead atoms. The van der Waals surface area contributed by atoms with E-state index in [1.807, 2.05) is 0 Å². The van der Waals surface area contributed by atoms with Gasteiger partial charge in [-0.05, 0) is 33.2 Å². The molecule has 2 heteroatoms. The Hall–Kier alpha value is 0.177. The van der Waals surface area contributed by atoms with Gasteiger partial charge in [0.2, 0.25) is 0 Å². The number of rotatable bonds is 1. The normalized spacial score (nSPS) is 25.8. The first-order valence-electron chi connectivity index (χ1n) is 5.12. The van der Waals surface area contributed by atoms with Crippen LogP contribution in [0.2, 0.25) is 19.6 Å². The zero-order chi connectivity index (χ0) is 9.41. The number of piperidine rings is 1. The summed E-state index contributed by atoms with van der Waals surface area (Å²) in [5.74, 6) is 0. The Morgan fingerprint density at radius 1 is 1.08 bits per heavy atom. The zero-order valence-corrected chi connectivity index (χ0v) is 10.3. The zero-order valence-electron chi connectivity index (χ0n) is 9.28. The summed E-state index contributed by atoms with van der Waals surface area (Å²) in [6.07, 6.45) is 4.22. The molecule has 1 aliphatic heterocycles. The van der Waals surface area contributed by atoms with Gasteiger partial charge in [0.1, 0.15) is 8.24 Å². The molecule has 0 spiro atoms. The van der Waals surface area contributed by atoms with Crippen LogP contribution in [0, 0.1) is 0 Å². The summed E-state index contributed by atoms with van der Waals surface area (Å²) in [4.78, 5) is 0. The van der Waals surface area contributed by atoms with Crippen LogP contribution in [0.15, 0.2) is 0 Å². The van der Waals surface area contributed by atoms with Crippen LogP contribution in [0.3, 0.4) is 0 Å². The van der Waals surface area contributed by atoms with Crippen molar-refractivity contribution >= 4 is 8.24 Å². The molecule has 1 rings (SSSR count). The molecule has 1 aliphatic rings. The van der Waals surface area contributed by atoms with Gasteiger partial charge in [-0.2, -0.15) is 0 Å². The molecule has 0 N–H and O–H groups in total. The maximum atomic E-state index is 2.78. The van der Waals surface area contributed by atoms with E-state index in [9.17, 15) is 0 Å². The third kappa shape index (κ3) is 2.11. The smallest absolute Gasteiger partial charge is 0.119 e. The SMILES string of the molecule is CC1(C)CCCCN1[Si](C)(C)C. The van der Waals surface area contributed by atoms with E-state index in [0.29, 0.717) is 5.54 Å². The van der Waals surface area contributed by atoms with Crippen LogP contribution in [0.25, 0.3) is 0 Å². The van der Waals surface area contributed by atoms with E-state index in [-0.39, 0.29) is 0 Å². The molecule has 12 heavy (non-hydrogen) atoms. The molecule has 1 fully saturated rings. The molecule has 0 aromatic rings. The second-order valence-corrected chi connectivity index (χ2v) is 10.5. The van der Waals surface area contributed by atoms with E-state index in [0.717, 1.165) is 0 Å². The second-order valence-electron chi connectivity index (χ2n) is 5.59. The van der Waals surface area contributed by atoms with Gasteiger partial charge in [-0.25, -0.2) is 0 Å². The number of nitrogens with zero attached hydrogens (tertiary/aromatic N) is 1. The van der Waals surface area contributed by atoms with Crippen LogP contribution in [0.1, 0.15) is 33.1 Å². The molecular weight excluding hydrogens is 162 g/mol. The maximum Gasteiger partial charge on any atom is 0.119 e. The highest BCUT2D eigenvalue weighted by Gasteiger charge is 2.37. The van der Waals surface area contributed by atoms with Crippen molar-refractivity contribution in [3.05, 3.63) is 0 Å². The molecule has 0 atom stereocenters. The second kappa shape index (κ2) is 3.15. The highest BCUT2D eigenvalue weighted by molar-refractivity contribution is 6.73. The van der Waals surface area contributed by atoms with Crippen LogP contribution in [0.4, 0.5) is 0 Å². The van der Waals surface area contributed by atoms with Crippen LogP contribution in [0.5, 0.6) is 0 Å². The van der Waals surface area contributed by atoms with Crippen molar-refractivity contribution in [2.45, 2.75) is 58.3 Å². The van der Waals surface area contributed by atoms with Crippen molar-refractivity contribution in [2.75, 3.05) is 6.54 Å². The molecule has 0 unspecified atom stereocenters. The van der Waals surface area contributed by atoms with Crippen molar-refractivity contribution < 1.29 is 0 Å². The lowest BCUT2D eigenvalue weighted by Crippen LogP contribution is -2.59. The molecule has 0 aromatic heterocycles. The lowest BCUT2D eigenvalue weighted by atomic mass is 9.93. The Bertz CT molecular complexity index is 158. The largest absolute Gasteiger partial charge is 0.319 e. The van der Waals surface area contributed by atoms with Gasteiger partial charge in [0, 0.05) is 5.54 Å². The molecule has 0 saturated carbocycles. The standard InChI is InChI=1S/C10H23NSi/c1-10(2)8-6-7-9-11(10)12(3,4)5/h6-9H2,1-5H3. The van der Waals surface area contributed by atoms with Gasteiger partial charge in [0.25, 0.3) is 0 Å². The third-order valence-corrected chi connectivity index (χ3v) is 5.41. The third-order valence-electron chi connectivity index (χ3n) is 2.96. The number of hydrogen-bond donors (Lipinski definition) is 0. The Balaban J connectivity index is 2.73. The van der Waals surface area contributed by atoms with Crippen LogP contribution >= 0.6 is 0 Å². The summed E-state index contributed by atoms with van der Waals surface area (Å²) in [6, 6.07) is 0. The minimum Gasteiger partial charge on any atom is -0.319 e. The molecule has 0 aliphatic carbocycles. The maximum absolute atomic E-state index is 2.78. The van der Waals surface area contributed by atoms with Gasteiger partial charge in [0.05, 0.1) is 0 Å². The van der Waals surface area contributed by atoms with Crippen molar-refractivity contribution in [3.63, 3.8) is 0 Å². The highest BCUT2D eigenvalue weighted by atomic mass is 28.3. The van der Waals surface area contributed by atoms with E-state index < -0.39 is 8.24 Å². The van der Waals surface area contributed by atoms with Gasteiger partial charge in [-0.1, -0.05) is 26.1 Å². The Morgan fingerprint density at radius 2 is 1.67 bits per heavy atom. The minimum atomic E-state index is -1.06. The summed E-state index contributed by atoms with van der Waals surface area (Å²) in [5.41, 5.74) is 0.475. The van der Waals surface area contributed by atoms with E-state index >= 15 is 0 Å². The fourth-order valence-corrected chi connectivity index (χ4v) is 5.27. The van der Waals surface area contributed by atoms with E-state index in [1.165, 1.54) is 25.8 Å². The topological polar surface area (TPSA) is 3.24 Å². The summed E-state index contributed by atoms with van der Waals surface area (Å²) < 4.78 is 2.78. The lowest BCUT2D eigenvalue weighted by molar-refractivity contribution is 0.160. The van der Waals surface area contributed by atoms with Gasteiger partial charge in [-0.3, -0.25) is 0 Å². The quantitative estimate of drug-likeness (QED) is 0.568. The predicted molar refractivity (Wildman–Crippen MR) is 58.0 cm³/mol. The molecule has 72 valence electrons. The Morgan fingerprint density at radius 3 is 2.00 bits per heavy atom. The first-order chi connectivity index (χ1) is 5.34. The van der Waals surface area contributed by atoms with E-state index in [4.69, 9.17) is 0 Å². The fraction of sp³-hybridized carbons (Fsp3) is 1.00. The summed E-state index contributed by atoms with van der Waals surface area (Å²) in [7, 11) is -1.06. The van der Waals surface area contributed by atoms with Crippen molar-refractivity contribution in [2.24, 2.45) is 0 Å². The molecule has 0 radical (unpaired) electrons. The number of hydrogen-bond acceptors (Lipinski definition) is 1. The van der Waals surface area contributed by atoms with E-state index in [2.05, 4.69) is 38.1 Å². The van der Waals surface area contributed by atoms with Gasteiger partial charge < -0.3 is 4.57 Å². The lowest BCUT2D eigenvalue weighted by Gasteiger charge is -2.49. The molecular formula is C10H23NSi. The van der Waals surface area contributed by atoms with E-state index in [1.54, 1.807) is 0 Å². The molecule has 1 heterocycles. The molecule has 0 aromatic carbocycles. The highest BCUT2D eigenvalue weighted by Crippen LogP contribution is 2.31. The average Bonchev–Trinajstić information content (AvgIpc) is 1.83. The van der Waals surface area contributed by atoms with Crippen LogP contribution < -0.4 is 0 Å². The first-order valence-corrected chi connectivity index (χ1v) is 8.56. The summed E-state index contributed by atoms with van der Waals surface area (Å²) >= 11 is 0. The van der Waals surface area contributed by atoms with Gasteiger partial charge in [0.15, 0.2) is 0 Å². The Kier molecular flexibility index (Phi) is 2.69. The van der Waals surface area contributed by atoms with Crippen molar-refractivity contribution in [3.8, 4) is 0 Å². The monoisotopic (exact) mass is 185 g/mol. The molecule has 1 saturated heterocycles. The average molecular weight is 185 g/mol. The fourth-order valence-electron chi connectivity index (χ4n) is 2.51.